The highest BCUT2D eigenvalue weighted by molar-refractivity contribution is 6.09. The molecule has 0 bridgehead atoms. The van der Waals surface area contributed by atoms with Crippen LogP contribution < -0.4 is 15.5 Å². The zero-order chi connectivity index (χ0) is 16.7. The third-order valence-corrected chi connectivity index (χ3v) is 4.82. The number of anilines is 1. The number of halogens is 1. The van der Waals surface area contributed by atoms with Crippen molar-refractivity contribution in [3.63, 3.8) is 0 Å². The van der Waals surface area contributed by atoms with Crippen LogP contribution >= 0.6 is 0 Å². The van der Waals surface area contributed by atoms with Crippen molar-refractivity contribution in [3.05, 3.63) is 30.5 Å². The van der Waals surface area contributed by atoms with Gasteiger partial charge >= 0.3 is 6.03 Å². The van der Waals surface area contributed by atoms with Crippen LogP contribution in [0.15, 0.2) is 30.5 Å². The molecule has 3 amide bonds. The van der Waals surface area contributed by atoms with Crippen LogP contribution in [-0.2, 0) is 4.79 Å². The van der Waals surface area contributed by atoms with Crippen molar-refractivity contribution in [2.24, 2.45) is 0 Å². The van der Waals surface area contributed by atoms with Crippen LogP contribution in [0.3, 0.4) is 0 Å². The summed E-state index contributed by atoms with van der Waals surface area (Å²) in [6.07, 6.45) is 1.97. The molecule has 2 N–H and O–H groups in total. The van der Waals surface area contributed by atoms with Crippen LogP contribution in [0.2, 0.25) is 0 Å². The standard InChI is InChI=1S/C17H19FN4O2/c18-12-10-19-7-4-15(12)21-8-5-11-13(21)2-1-3-14(11)22-9-6-16(23)20-17(22)24/h1-3,5,8,12,15,19H,4,6-7,9-10H2,(H,20,23,24). The Hall–Kier alpha value is -2.41. The number of alkyl halides is 1. The summed E-state index contributed by atoms with van der Waals surface area (Å²) >= 11 is 0. The van der Waals surface area contributed by atoms with Crippen molar-refractivity contribution in [2.75, 3.05) is 24.5 Å². The highest BCUT2D eigenvalue weighted by atomic mass is 19.1. The Balaban J connectivity index is 1.74. The summed E-state index contributed by atoms with van der Waals surface area (Å²) in [6, 6.07) is 6.99. The third kappa shape index (κ3) is 2.45. The lowest BCUT2D eigenvalue weighted by Gasteiger charge is -2.29. The van der Waals surface area contributed by atoms with Gasteiger partial charge in [-0.2, -0.15) is 0 Å². The van der Waals surface area contributed by atoms with Gasteiger partial charge in [0, 0.05) is 31.1 Å². The van der Waals surface area contributed by atoms with Crippen molar-refractivity contribution in [2.45, 2.75) is 25.1 Å². The minimum Gasteiger partial charge on any atom is -0.341 e. The van der Waals surface area contributed by atoms with Crippen LogP contribution in [0.5, 0.6) is 0 Å². The predicted octanol–water partition coefficient (Wildman–Crippen LogP) is 1.96. The molecule has 2 saturated heterocycles. The summed E-state index contributed by atoms with van der Waals surface area (Å²) < 4.78 is 16.3. The van der Waals surface area contributed by atoms with E-state index < -0.39 is 12.2 Å². The van der Waals surface area contributed by atoms with Crippen molar-refractivity contribution >= 4 is 28.5 Å². The fraction of sp³-hybridized carbons (Fsp3) is 0.412. The van der Waals surface area contributed by atoms with E-state index in [-0.39, 0.29) is 18.4 Å². The van der Waals surface area contributed by atoms with Gasteiger partial charge in [0.2, 0.25) is 5.91 Å². The largest absolute Gasteiger partial charge is 0.341 e. The molecule has 2 fully saturated rings. The number of carbonyl (C=O) groups excluding carboxylic acids is 2. The summed E-state index contributed by atoms with van der Waals surface area (Å²) in [6.45, 7) is 1.51. The van der Waals surface area contributed by atoms with E-state index in [1.807, 2.05) is 35.0 Å². The number of piperidine rings is 1. The molecule has 2 atom stereocenters. The molecule has 4 rings (SSSR count). The SMILES string of the molecule is O=C1CCN(c2cccc3c2ccn3C2CCNCC2F)C(=O)N1. The molecule has 2 unspecified atom stereocenters. The number of nitrogens with one attached hydrogen (secondary N) is 2. The van der Waals surface area contributed by atoms with Crippen LogP contribution in [-0.4, -0.2) is 42.3 Å². The smallest absolute Gasteiger partial charge is 0.328 e. The number of fused-ring (bicyclic) bond motifs is 1. The summed E-state index contributed by atoms with van der Waals surface area (Å²) in [5.41, 5.74) is 1.66. The number of rotatable bonds is 2. The molecule has 0 aliphatic carbocycles. The van der Waals surface area contributed by atoms with E-state index in [1.54, 1.807) is 4.90 Å². The topological polar surface area (TPSA) is 66.4 Å². The van der Waals surface area contributed by atoms with Gasteiger partial charge in [-0.15, -0.1) is 0 Å². The van der Waals surface area contributed by atoms with Crippen molar-refractivity contribution in [3.8, 4) is 0 Å². The van der Waals surface area contributed by atoms with E-state index in [0.717, 1.165) is 29.6 Å². The normalized spacial score (nSPS) is 25.1. The quantitative estimate of drug-likeness (QED) is 0.885. The third-order valence-electron chi connectivity index (χ3n) is 4.82. The number of urea groups is 1. The molecule has 126 valence electrons. The minimum absolute atomic E-state index is 0.198. The van der Waals surface area contributed by atoms with Gasteiger partial charge in [-0.25, -0.2) is 9.18 Å². The highest BCUT2D eigenvalue weighted by Gasteiger charge is 2.29. The Bertz CT molecular complexity index is 803. The predicted molar refractivity (Wildman–Crippen MR) is 88.9 cm³/mol. The van der Waals surface area contributed by atoms with Crippen molar-refractivity contribution in [1.29, 1.82) is 0 Å². The summed E-state index contributed by atoms with van der Waals surface area (Å²) in [5.74, 6) is -0.254. The van der Waals surface area contributed by atoms with E-state index >= 15 is 0 Å². The second-order valence-corrected chi connectivity index (χ2v) is 6.26. The maximum atomic E-state index is 14.3. The first-order valence-electron chi connectivity index (χ1n) is 8.21. The molecular weight excluding hydrogens is 311 g/mol. The highest BCUT2D eigenvalue weighted by Crippen LogP contribution is 2.33. The van der Waals surface area contributed by atoms with Crippen molar-refractivity contribution in [1.82, 2.24) is 15.2 Å². The van der Waals surface area contributed by atoms with Gasteiger partial charge < -0.3 is 9.88 Å². The number of hydrogen-bond acceptors (Lipinski definition) is 3. The van der Waals surface area contributed by atoms with Gasteiger partial charge in [0.05, 0.1) is 17.2 Å². The number of hydrogen-bond donors (Lipinski definition) is 2. The first kappa shape index (κ1) is 15.1. The minimum atomic E-state index is -0.936. The molecule has 0 saturated carbocycles. The number of carbonyl (C=O) groups is 2. The molecule has 1 aromatic heterocycles. The average molecular weight is 330 g/mol. The van der Waals surface area contributed by atoms with E-state index in [1.165, 1.54) is 0 Å². The van der Waals surface area contributed by atoms with E-state index in [9.17, 15) is 14.0 Å². The Morgan fingerprint density at radius 3 is 2.88 bits per heavy atom. The Morgan fingerprint density at radius 2 is 2.08 bits per heavy atom. The van der Waals surface area contributed by atoms with E-state index in [4.69, 9.17) is 0 Å². The Labute approximate surface area is 138 Å². The monoisotopic (exact) mass is 330 g/mol. The lowest BCUT2D eigenvalue weighted by atomic mass is 10.0. The number of amides is 3. The van der Waals surface area contributed by atoms with Gasteiger partial charge in [0.15, 0.2) is 0 Å². The molecule has 2 aliphatic heterocycles. The lowest BCUT2D eigenvalue weighted by molar-refractivity contribution is -0.120. The number of benzene rings is 1. The van der Waals surface area contributed by atoms with E-state index in [2.05, 4.69) is 10.6 Å². The fourth-order valence-corrected chi connectivity index (χ4v) is 3.61. The second kappa shape index (κ2) is 5.90. The molecule has 7 heteroatoms. The number of aromatic nitrogens is 1. The van der Waals surface area contributed by atoms with Crippen LogP contribution in [0.1, 0.15) is 18.9 Å². The maximum Gasteiger partial charge on any atom is 0.328 e. The molecular formula is C17H19FN4O2. The van der Waals surface area contributed by atoms with Gasteiger partial charge in [-0.05, 0) is 31.2 Å². The molecule has 6 nitrogen and oxygen atoms in total. The van der Waals surface area contributed by atoms with Gasteiger partial charge in [-0.1, -0.05) is 6.07 Å². The molecule has 1 aromatic carbocycles. The average Bonchev–Trinajstić information content (AvgIpc) is 2.99. The van der Waals surface area contributed by atoms with Crippen molar-refractivity contribution < 1.29 is 14.0 Å². The van der Waals surface area contributed by atoms with Gasteiger partial charge in [0.25, 0.3) is 0 Å². The number of nitrogens with zero attached hydrogens (tertiary/aromatic N) is 2. The molecule has 0 spiro atoms. The summed E-state index contributed by atoms with van der Waals surface area (Å²) in [5, 5.41) is 6.30. The van der Waals surface area contributed by atoms with Gasteiger partial charge in [-0.3, -0.25) is 15.0 Å². The summed E-state index contributed by atoms with van der Waals surface area (Å²) in [4.78, 5) is 25.1. The first-order valence-corrected chi connectivity index (χ1v) is 8.21. The van der Waals surface area contributed by atoms with Crippen LogP contribution in [0.4, 0.5) is 14.9 Å². The first-order chi connectivity index (χ1) is 11.6. The summed E-state index contributed by atoms with van der Waals surface area (Å²) in [7, 11) is 0. The molecule has 0 radical (unpaired) electrons. The van der Waals surface area contributed by atoms with Crippen LogP contribution in [0.25, 0.3) is 10.9 Å². The Morgan fingerprint density at radius 1 is 1.21 bits per heavy atom. The molecule has 2 aromatic rings. The zero-order valence-corrected chi connectivity index (χ0v) is 13.2. The fourth-order valence-electron chi connectivity index (χ4n) is 3.61. The molecule has 3 heterocycles. The number of imide groups is 1. The van der Waals surface area contributed by atoms with Crippen LogP contribution in [0, 0.1) is 0 Å². The molecule has 24 heavy (non-hydrogen) atoms. The Kier molecular flexibility index (Phi) is 3.72. The molecule has 2 aliphatic rings. The maximum absolute atomic E-state index is 14.3. The zero-order valence-electron chi connectivity index (χ0n) is 13.2. The second-order valence-electron chi connectivity index (χ2n) is 6.26. The van der Waals surface area contributed by atoms with Gasteiger partial charge in [0.1, 0.15) is 6.17 Å². The lowest BCUT2D eigenvalue weighted by Crippen LogP contribution is -2.49. The van der Waals surface area contributed by atoms with E-state index in [0.29, 0.717) is 13.1 Å².